The normalized spacial score (nSPS) is 10.2. The van der Waals surface area contributed by atoms with E-state index < -0.39 is 11.7 Å². The Labute approximate surface area is 144 Å². The molecule has 0 saturated carbocycles. The van der Waals surface area contributed by atoms with Gasteiger partial charge >= 0.3 is 0 Å². The topological polar surface area (TPSA) is 81.9 Å². The van der Waals surface area contributed by atoms with Gasteiger partial charge in [-0.15, -0.1) is 0 Å². The van der Waals surface area contributed by atoms with Crippen LogP contribution in [0.1, 0.15) is 15.9 Å². The van der Waals surface area contributed by atoms with Crippen LogP contribution in [0, 0.1) is 5.82 Å². The molecule has 6 nitrogen and oxygen atoms in total. The lowest BCUT2D eigenvalue weighted by Gasteiger charge is -2.18. The molecule has 0 saturated heterocycles. The lowest BCUT2D eigenvalue weighted by molar-refractivity contribution is -0.119. The molecule has 0 unspecified atom stereocenters. The van der Waals surface area contributed by atoms with Crippen molar-refractivity contribution in [3.8, 4) is 11.5 Å². The number of hydrogen-bond acceptors (Lipinski definition) is 4. The fourth-order valence-electron chi connectivity index (χ4n) is 2.25. The van der Waals surface area contributed by atoms with E-state index in [4.69, 9.17) is 15.2 Å². The van der Waals surface area contributed by atoms with Crippen LogP contribution < -0.4 is 15.2 Å². The van der Waals surface area contributed by atoms with Gasteiger partial charge in [-0.25, -0.2) is 4.39 Å². The van der Waals surface area contributed by atoms with Crippen LogP contribution in [0.2, 0.25) is 0 Å². The van der Waals surface area contributed by atoms with Crippen LogP contribution in [-0.2, 0) is 11.3 Å². The third-order valence-corrected chi connectivity index (χ3v) is 3.44. The number of benzene rings is 2. The van der Waals surface area contributed by atoms with Gasteiger partial charge in [-0.2, -0.15) is 0 Å². The van der Waals surface area contributed by atoms with Gasteiger partial charge in [0.25, 0.3) is 11.8 Å². The van der Waals surface area contributed by atoms with Gasteiger partial charge in [0.05, 0.1) is 7.11 Å². The maximum absolute atomic E-state index is 13.7. The minimum Gasteiger partial charge on any atom is -0.494 e. The monoisotopic (exact) mass is 346 g/mol. The molecule has 0 aliphatic heterocycles. The van der Waals surface area contributed by atoms with E-state index in [0.29, 0.717) is 16.9 Å². The number of hydrogen-bond donors (Lipinski definition) is 1. The van der Waals surface area contributed by atoms with Crippen molar-refractivity contribution in [1.29, 1.82) is 0 Å². The summed E-state index contributed by atoms with van der Waals surface area (Å²) in [5.41, 5.74) is 6.05. The SMILES string of the molecule is COc1ccc(CN(C)C(=O)c2cccc(OCC(N)=O)c2)cc1F. The van der Waals surface area contributed by atoms with Gasteiger partial charge in [0.15, 0.2) is 18.2 Å². The van der Waals surface area contributed by atoms with Crippen LogP contribution in [-0.4, -0.2) is 37.5 Å². The first-order valence-corrected chi connectivity index (χ1v) is 7.49. The molecule has 25 heavy (non-hydrogen) atoms. The van der Waals surface area contributed by atoms with Crippen LogP contribution in [0.3, 0.4) is 0 Å². The highest BCUT2D eigenvalue weighted by Gasteiger charge is 2.14. The van der Waals surface area contributed by atoms with Crippen molar-refractivity contribution in [3.63, 3.8) is 0 Å². The molecule has 0 spiro atoms. The molecule has 2 amide bonds. The van der Waals surface area contributed by atoms with Crippen molar-refractivity contribution in [2.75, 3.05) is 20.8 Å². The summed E-state index contributed by atoms with van der Waals surface area (Å²) in [6.45, 7) is -0.0370. The van der Waals surface area contributed by atoms with Crippen molar-refractivity contribution < 1.29 is 23.5 Å². The molecule has 132 valence electrons. The van der Waals surface area contributed by atoms with E-state index in [1.165, 1.54) is 30.2 Å². The lowest BCUT2D eigenvalue weighted by atomic mass is 10.1. The van der Waals surface area contributed by atoms with Crippen molar-refractivity contribution in [2.45, 2.75) is 6.54 Å². The van der Waals surface area contributed by atoms with Gasteiger partial charge in [-0.1, -0.05) is 12.1 Å². The van der Waals surface area contributed by atoms with Gasteiger partial charge < -0.3 is 20.1 Å². The number of ether oxygens (including phenoxy) is 2. The minimum absolute atomic E-state index is 0.150. The van der Waals surface area contributed by atoms with Gasteiger partial charge in [-0.3, -0.25) is 9.59 Å². The highest BCUT2D eigenvalue weighted by molar-refractivity contribution is 5.94. The predicted molar refractivity (Wildman–Crippen MR) is 89.9 cm³/mol. The summed E-state index contributed by atoms with van der Waals surface area (Å²) in [5.74, 6) is -0.829. The molecule has 2 rings (SSSR count). The largest absolute Gasteiger partial charge is 0.494 e. The summed E-state index contributed by atoms with van der Waals surface area (Å²) in [7, 11) is 3.00. The Morgan fingerprint density at radius 1 is 1.20 bits per heavy atom. The quantitative estimate of drug-likeness (QED) is 0.831. The summed E-state index contributed by atoms with van der Waals surface area (Å²) < 4.78 is 23.8. The molecule has 7 heteroatoms. The van der Waals surface area contributed by atoms with Gasteiger partial charge in [0.2, 0.25) is 0 Å². The fourth-order valence-corrected chi connectivity index (χ4v) is 2.25. The Morgan fingerprint density at radius 3 is 2.60 bits per heavy atom. The minimum atomic E-state index is -0.601. The van der Waals surface area contributed by atoms with Gasteiger partial charge in [-0.05, 0) is 35.9 Å². The van der Waals surface area contributed by atoms with E-state index in [-0.39, 0.29) is 24.8 Å². The average molecular weight is 346 g/mol. The molecule has 0 aliphatic rings. The Hall–Kier alpha value is -3.09. The standard InChI is InChI=1S/C18H19FN2O4/c1-21(10-12-6-7-16(24-2)15(19)8-12)18(23)13-4-3-5-14(9-13)25-11-17(20)22/h3-9H,10-11H2,1-2H3,(H2,20,22). The first-order valence-electron chi connectivity index (χ1n) is 7.49. The number of primary amides is 1. The summed E-state index contributed by atoms with van der Waals surface area (Å²) in [4.78, 5) is 24.7. The zero-order chi connectivity index (χ0) is 18.4. The Balaban J connectivity index is 2.07. The van der Waals surface area contributed by atoms with E-state index in [0.717, 1.165) is 0 Å². The Kier molecular flexibility index (Phi) is 5.94. The molecule has 2 aromatic carbocycles. The summed E-state index contributed by atoms with van der Waals surface area (Å²) in [6, 6.07) is 11.0. The number of rotatable bonds is 7. The van der Waals surface area contributed by atoms with E-state index in [2.05, 4.69) is 0 Å². The van der Waals surface area contributed by atoms with E-state index in [1.54, 1.807) is 31.3 Å². The average Bonchev–Trinajstić information content (AvgIpc) is 2.59. The Morgan fingerprint density at radius 2 is 1.96 bits per heavy atom. The number of nitrogens with zero attached hydrogens (tertiary/aromatic N) is 1. The second kappa shape index (κ2) is 8.14. The van der Waals surface area contributed by atoms with E-state index in [9.17, 15) is 14.0 Å². The predicted octanol–water partition coefficient (Wildman–Crippen LogP) is 1.97. The summed E-state index contributed by atoms with van der Waals surface area (Å²) in [5, 5.41) is 0. The molecule has 0 atom stereocenters. The van der Waals surface area contributed by atoms with Gasteiger partial charge in [0, 0.05) is 19.2 Å². The number of carbonyl (C=O) groups is 2. The highest BCUT2D eigenvalue weighted by atomic mass is 19.1. The zero-order valence-electron chi connectivity index (χ0n) is 14.0. The molecule has 0 bridgehead atoms. The summed E-state index contributed by atoms with van der Waals surface area (Å²) >= 11 is 0. The van der Waals surface area contributed by atoms with E-state index in [1.807, 2.05) is 0 Å². The molecule has 0 fully saturated rings. The molecule has 2 N–H and O–H groups in total. The first-order chi connectivity index (χ1) is 11.9. The van der Waals surface area contributed by atoms with Crippen molar-refractivity contribution in [2.24, 2.45) is 5.73 Å². The van der Waals surface area contributed by atoms with Crippen LogP contribution >= 0.6 is 0 Å². The second-order valence-corrected chi connectivity index (χ2v) is 5.41. The fraction of sp³-hybridized carbons (Fsp3) is 0.222. The smallest absolute Gasteiger partial charge is 0.255 e. The molecule has 0 heterocycles. The molecule has 0 radical (unpaired) electrons. The molecular weight excluding hydrogens is 327 g/mol. The molecule has 0 aromatic heterocycles. The summed E-state index contributed by atoms with van der Waals surface area (Å²) in [6.07, 6.45) is 0. The van der Waals surface area contributed by atoms with Crippen molar-refractivity contribution in [1.82, 2.24) is 4.90 Å². The van der Waals surface area contributed by atoms with Crippen molar-refractivity contribution in [3.05, 3.63) is 59.4 Å². The number of nitrogens with two attached hydrogens (primary N) is 1. The lowest BCUT2D eigenvalue weighted by Crippen LogP contribution is -2.26. The van der Waals surface area contributed by atoms with E-state index >= 15 is 0 Å². The maximum atomic E-state index is 13.7. The Bertz CT molecular complexity index is 779. The van der Waals surface area contributed by atoms with Crippen molar-refractivity contribution >= 4 is 11.8 Å². The van der Waals surface area contributed by atoms with Crippen LogP contribution in [0.5, 0.6) is 11.5 Å². The maximum Gasteiger partial charge on any atom is 0.255 e. The number of amides is 2. The number of halogens is 1. The number of methoxy groups -OCH3 is 1. The molecule has 2 aromatic rings. The van der Waals surface area contributed by atoms with Gasteiger partial charge in [0.1, 0.15) is 5.75 Å². The van der Waals surface area contributed by atoms with Crippen LogP contribution in [0.15, 0.2) is 42.5 Å². The zero-order valence-corrected chi connectivity index (χ0v) is 14.0. The highest BCUT2D eigenvalue weighted by Crippen LogP contribution is 2.20. The molecular formula is C18H19FN2O4. The third-order valence-electron chi connectivity index (χ3n) is 3.44. The second-order valence-electron chi connectivity index (χ2n) is 5.41. The molecule has 0 aliphatic carbocycles. The third kappa shape index (κ3) is 4.94. The first kappa shape index (κ1) is 18.3. The van der Waals surface area contributed by atoms with Crippen LogP contribution in [0.25, 0.3) is 0 Å². The van der Waals surface area contributed by atoms with Crippen LogP contribution in [0.4, 0.5) is 4.39 Å². The number of carbonyl (C=O) groups excluding carboxylic acids is 2.